The number of hydrogen-bond donors (Lipinski definition) is 1. The molecule has 116 valence electrons. The van der Waals surface area contributed by atoms with E-state index in [0.717, 1.165) is 23.5 Å². The number of benzene rings is 1. The second-order valence-electron chi connectivity index (χ2n) is 5.04. The molecule has 1 atom stereocenters. The SMILES string of the molecule is C[C@@H]1CCN(C(=O)CSc2nncn2N)c2ccccc2S1. The Morgan fingerprint density at radius 2 is 2.32 bits per heavy atom. The first-order chi connectivity index (χ1) is 10.6. The van der Waals surface area contributed by atoms with Gasteiger partial charge in [-0.25, -0.2) is 4.68 Å². The number of nitrogens with zero attached hydrogens (tertiary/aromatic N) is 4. The van der Waals surface area contributed by atoms with Gasteiger partial charge in [-0.15, -0.1) is 22.0 Å². The fourth-order valence-electron chi connectivity index (χ4n) is 2.29. The molecule has 0 fully saturated rings. The molecule has 3 rings (SSSR count). The van der Waals surface area contributed by atoms with E-state index in [1.165, 1.54) is 22.8 Å². The molecule has 1 aromatic carbocycles. The Labute approximate surface area is 137 Å². The van der Waals surface area contributed by atoms with Crippen LogP contribution < -0.4 is 10.7 Å². The van der Waals surface area contributed by atoms with Crippen LogP contribution in [0.2, 0.25) is 0 Å². The number of fused-ring (bicyclic) bond motifs is 1. The number of rotatable bonds is 3. The molecule has 0 radical (unpaired) electrons. The summed E-state index contributed by atoms with van der Waals surface area (Å²) < 4.78 is 1.33. The molecule has 1 aromatic heterocycles. The molecule has 2 heterocycles. The molecule has 0 saturated carbocycles. The van der Waals surface area contributed by atoms with Gasteiger partial charge in [0.1, 0.15) is 6.33 Å². The fraction of sp³-hybridized carbons (Fsp3) is 0.357. The first-order valence-electron chi connectivity index (χ1n) is 6.99. The van der Waals surface area contributed by atoms with Gasteiger partial charge in [0.05, 0.1) is 11.4 Å². The van der Waals surface area contributed by atoms with E-state index in [4.69, 9.17) is 5.84 Å². The van der Waals surface area contributed by atoms with Crippen molar-refractivity contribution in [1.29, 1.82) is 0 Å². The Balaban J connectivity index is 1.75. The van der Waals surface area contributed by atoms with Gasteiger partial charge in [0.2, 0.25) is 11.1 Å². The molecule has 8 heteroatoms. The third-order valence-corrected chi connectivity index (χ3v) is 5.59. The highest BCUT2D eigenvalue weighted by Gasteiger charge is 2.24. The van der Waals surface area contributed by atoms with Gasteiger partial charge in [-0.1, -0.05) is 30.8 Å². The average Bonchev–Trinajstić information content (AvgIpc) is 2.83. The van der Waals surface area contributed by atoms with Crippen molar-refractivity contribution in [2.45, 2.75) is 28.6 Å². The number of amides is 1. The van der Waals surface area contributed by atoms with E-state index in [-0.39, 0.29) is 5.91 Å². The predicted octanol–water partition coefficient (Wildman–Crippen LogP) is 2.00. The van der Waals surface area contributed by atoms with Crippen LogP contribution in [0.25, 0.3) is 0 Å². The molecule has 1 aliphatic rings. The van der Waals surface area contributed by atoms with E-state index in [1.54, 1.807) is 0 Å². The van der Waals surface area contributed by atoms with Crippen LogP contribution in [0.4, 0.5) is 5.69 Å². The molecular weight excluding hydrogens is 318 g/mol. The van der Waals surface area contributed by atoms with Crippen LogP contribution in [0.5, 0.6) is 0 Å². The Hall–Kier alpha value is -1.67. The third-order valence-electron chi connectivity index (χ3n) is 3.41. The number of nitrogen functional groups attached to an aromatic ring is 1. The Bertz CT molecular complexity index is 675. The zero-order chi connectivity index (χ0) is 15.5. The maximum atomic E-state index is 12.6. The van der Waals surface area contributed by atoms with Gasteiger partial charge in [0, 0.05) is 16.7 Å². The number of hydrogen-bond acceptors (Lipinski definition) is 6. The molecule has 22 heavy (non-hydrogen) atoms. The summed E-state index contributed by atoms with van der Waals surface area (Å²) in [6.45, 7) is 2.93. The van der Waals surface area contributed by atoms with Gasteiger partial charge >= 0.3 is 0 Å². The smallest absolute Gasteiger partial charge is 0.237 e. The summed E-state index contributed by atoms with van der Waals surface area (Å²) in [6, 6.07) is 8.07. The van der Waals surface area contributed by atoms with Crippen LogP contribution in [0.1, 0.15) is 13.3 Å². The van der Waals surface area contributed by atoms with E-state index in [0.29, 0.717) is 16.2 Å². The number of para-hydroxylation sites is 1. The maximum absolute atomic E-state index is 12.6. The number of aromatic nitrogens is 3. The van der Waals surface area contributed by atoms with Crippen molar-refractivity contribution in [2.24, 2.45) is 0 Å². The molecule has 0 saturated heterocycles. The molecule has 2 N–H and O–H groups in total. The van der Waals surface area contributed by atoms with Crippen LogP contribution in [0.3, 0.4) is 0 Å². The van der Waals surface area contributed by atoms with Crippen LogP contribution in [-0.2, 0) is 4.79 Å². The highest BCUT2D eigenvalue weighted by atomic mass is 32.2. The topological polar surface area (TPSA) is 77.0 Å². The lowest BCUT2D eigenvalue weighted by molar-refractivity contribution is -0.116. The van der Waals surface area contributed by atoms with Crippen molar-refractivity contribution in [2.75, 3.05) is 23.0 Å². The predicted molar refractivity (Wildman–Crippen MR) is 89.6 cm³/mol. The molecule has 0 spiro atoms. The molecule has 1 amide bonds. The van der Waals surface area contributed by atoms with Crippen molar-refractivity contribution in [3.63, 3.8) is 0 Å². The van der Waals surface area contributed by atoms with Gasteiger partial charge in [-0.2, -0.15) is 0 Å². The second-order valence-corrected chi connectivity index (χ2v) is 7.46. The number of carbonyl (C=O) groups is 1. The molecule has 6 nitrogen and oxygen atoms in total. The third kappa shape index (κ3) is 3.22. The fourth-order valence-corrected chi connectivity index (χ4v) is 4.11. The minimum absolute atomic E-state index is 0.0650. The number of carbonyl (C=O) groups excluding carboxylic acids is 1. The van der Waals surface area contributed by atoms with Crippen molar-refractivity contribution in [1.82, 2.24) is 14.9 Å². The van der Waals surface area contributed by atoms with Crippen molar-refractivity contribution in [3.8, 4) is 0 Å². The number of nitrogens with two attached hydrogens (primary N) is 1. The van der Waals surface area contributed by atoms with Crippen molar-refractivity contribution >= 4 is 35.1 Å². The lowest BCUT2D eigenvalue weighted by Gasteiger charge is -2.22. The zero-order valence-corrected chi connectivity index (χ0v) is 13.8. The van der Waals surface area contributed by atoms with Gasteiger partial charge in [0.15, 0.2) is 0 Å². The van der Waals surface area contributed by atoms with E-state index in [1.807, 2.05) is 34.9 Å². The first-order valence-corrected chi connectivity index (χ1v) is 8.85. The minimum Gasteiger partial charge on any atom is -0.336 e. The normalized spacial score (nSPS) is 17.9. The maximum Gasteiger partial charge on any atom is 0.237 e. The second kappa shape index (κ2) is 6.62. The molecule has 1 aliphatic heterocycles. The van der Waals surface area contributed by atoms with Gasteiger partial charge in [-0.05, 0) is 18.6 Å². The highest BCUT2D eigenvalue weighted by Crippen LogP contribution is 2.37. The molecular formula is C14H17N5OS2. The lowest BCUT2D eigenvalue weighted by Crippen LogP contribution is -2.33. The Kier molecular flexibility index (Phi) is 4.58. The van der Waals surface area contributed by atoms with E-state index in [9.17, 15) is 4.79 Å². The van der Waals surface area contributed by atoms with Gasteiger partial charge < -0.3 is 10.7 Å². The lowest BCUT2D eigenvalue weighted by atomic mass is 10.2. The average molecular weight is 335 g/mol. The minimum atomic E-state index is 0.0650. The summed E-state index contributed by atoms with van der Waals surface area (Å²) >= 11 is 3.13. The monoisotopic (exact) mass is 335 g/mol. The summed E-state index contributed by atoms with van der Waals surface area (Å²) in [5.74, 6) is 6.03. The van der Waals surface area contributed by atoms with E-state index < -0.39 is 0 Å². The van der Waals surface area contributed by atoms with Gasteiger partial charge in [0.25, 0.3) is 0 Å². The van der Waals surface area contributed by atoms with Crippen LogP contribution in [0.15, 0.2) is 40.6 Å². The van der Waals surface area contributed by atoms with Crippen molar-refractivity contribution < 1.29 is 4.79 Å². The summed E-state index contributed by atoms with van der Waals surface area (Å²) in [5.41, 5.74) is 0.997. The molecule has 0 bridgehead atoms. The van der Waals surface area contributed by atoms with E-state index >= 15 is 0 Å². The van der Waals surface area contributed by atoms with E-state index in [2.05, 4.69) is 23.2 Å². The first kappa shape index (κ1) is 15.2. The van der Waals surface area contributed by atoms with Gasteiger partial charge in [-0.3, -0.25) is 4.79 Å². The molecule has 0 aliphatic carbocycles. The Morgan fingerprint density at radius 1 is 1.50 bits per heavy atom. The standard InChI is InChI=1S/C14H17N5OS2/c1-10-6-7-18(11-4-2-3-5-12(11)22-10)13(20)8-21-14-17-16-9-19(14)15/h2-5,9-10H,6-8,15H2,1H3/t10-/m1/s1. The van der Waals surface area contributed by atoms with Crippen LogP contribution in [-0.4, -0.2) is 38.3 Å². The number of thioether (sulfide) groups is 2. The number of anilines is 1. The summed E-state index contributed by atoms with van der Waals surface area (Å²) in [7, 11) is 0. The largest absolute Gasteiger partial charge is 0.336 e. The molecule has 0 unspecified atom stereocenters. The van der Waals surface area contributed by atoms with Crippen LogP contribution in [0, 0.1) is 0 Å². The van der Waals surface area contributed by atoms with Crippen LogP contribution >= 0.6 is 23.5 Å². The quantitative estimate of drug-likeness (QED) is 0.683. The molecule has 2 aromatic rings. The summed E-state index contributed by atoms with van der Waals surface area (Å²) in [5, 5.41) is 8.64. The zero-order valence-electron chi connectivity index (χ0n) is 12.2. The summed E-state index contributed by atoms with van der Waals surface area (Å²) in [4.78, 5) is 15.7. The highest BCUT2D eigenvalue weighted by molar-refractivity contribution is 8.00. The van der Waals surface area contributed by atoms with Crippen molar-refractivity contribution in [3.05, 3.63) is 30.6 Å². The Morgan fingerprint density at radius 3 is 3.09 bits per heavy atom. The summed E-state index contributed by atoms with van der Waals surface area (Å²) in [6.07, 6.45) is 2.40.